The minimum absolute atomic E-state index is 0.0143. The van der Waals surface area contributed by atoms with Crippen molar-refractivity contribution in [2.45, 2.75) is 19.4 Å². The number of aliphatic hydroxyl groups is 2. The molecule has 5 nitrogen and oxygen atoms in total. The van der Waals surface area contributed by atoms with Gasteiger partial charge in [0.1, 0.15) is 11.4 Å². The maximum Gasteiger partial charge on any atom is 0.258 e. The molecule has 0 fully saturated rings. The average molecular weight is 253 g/mol. The Morgan fingerprint density at radius 2 is 2.00 bits per heavy atom. The van der Waals surface area contributed by atoms with E-state index in [0.717, 1.165) is 5.56 Å². The van der Waals surface area contributed by atoms with Crippen molar-refractivity contribution >= 4 is 5.91 Å². The summed E-state index contributed by atoms with van der Waals surface area (Å²) >= 11 is 0. The number of aliphatic hydroxyl groups excluding tert-OH is 1. The largest absolute Gasteiger partial charge is 0.484 e. The van der Waals surface area contributed by atoms with Gasteiger partial charge in [-0.1, -0.05) is 17.7 Å². The van der Waals surface area contributed by atoms with Gasteiger partial charge in [-0.25, -0.2) is 0 Å². The van der Waals surface area contributed by atoms with Crippen molar-refractivity contribution in [2.75, 3.05) is 19.8 Å². The summed E-state index contributed by atoms with van der Waals surface area (Å²) in [5.41, 5.74) is -0.190. The van der Waals surface area contributed by atoms with Crippen molar-refractivity contribution < 1.29 is 19.7 Å². The molecular formula is C13H19NO4. The topological polar surface area (TPSA) is 78.8 Å². The highest BCUT2D eigenvalue weighted by atomic mass is 16.5. The Labute approximate surface area is 106 Å². The lowest BCUT2D eigenvalue weighted by Gasteiger charge is -2.20. The quantitative estimate of drug-likeness (QED) is 0.678. The molecule has 1 unspecified atom stereocenters. The van der Waals surface area contributed by atoms with Gasteiger partial charge in [0.15, 0.2) is 6.61 Å². The first kappa shape index (κ1) is 14.5. The lowest BCUT2D eigenvalue weighted by molar-refractivity contribution is -0.124. The Morgan fingerprint density at radius 1 is 1.39 bits per heavy atom. The fourth-order valence-electron chi connectivity index (χ4n) is 1.18. The molecule has 100 valence electrons. The first-order valence-corrected chi connectivity index (χ1v) is 5.72. The smallest absolute Gasteiger partial charge is 0.258 e. The van der Waals surface area contributed by atoms with Crippen LogP contribution in [-0.2, 0) is 4.79 Å². The third kappa shape index (κ3) is 5.16. The molecule has 0 heterocycles. The number of ether oxygens (including phenoxy) is 1. The van der Waals surface area contributed by atoms with E-state index in [9.17, 15) is 9.90 Å². The van der Waals surface area contributed by atoms with E-state index in [1.807, 2.05) is 19.1 Å². The van der Waals surface area contributed by atoms with E-state index in [4.69, 9.17) is 9.84 Å². The van der Waals surface area contributed by atoms with Gasteiger partial charge in [-0.05, 0) is 26.0 Å². The molecule has 0 spiro atoms. The van der Waals surface area contributed by atoms with Crippen molar-refractivity contribution in [3.8, 4) is 5.75 Å². The monoisotopic (exact) mass is 253 g/mol. The van der Waals surface area contributed by atoms with Crippen LogP contribution in [0.15, 0.2) is 24.3 Å². The van der Waals surface area contributed by atoms with Crippen LogP contribution in [0.4, 0.5) is 0 Å². The number of benzene rings is 1. The zero-order chi connectivity index (χ0) is 13.6. The summed E-state index contributed by atoms with van der Waals surface area (Å²) in [5, 5.41) is 20.8. The Kier molecular flexibility index (Phi) is 5.12. The highest BCUT2D eigenvalue weighted by Gasteiger charge is 2.19. The van der Waals surface area contributed by atoms with Crippen LogP contribution in [0.5, 0.6) is 5.75 Å². The molecule has 0 aliphatic rings. The molecular weight excluding hydrogens is 234 g/mol. The van der Waals surface area contributed by atoms with Gasteiger partial charge in [0.2, 0.25) is 0 Å². The Bertz CT molecular complexity index is 386. The van der Waals surface area contributed by atoms with Gasteiger partial charge in [0, 0.05) is 6.54 Å². The lowest BCUT2D eigenvalue weighted by Crippen LogP contribution is -2.44. The maximum absolute atomic E-state index is 11.4. The van der Waals surface area contributed by atoms with E-state index in [1.54, 1.807) is 12.1 Å². The van der Waals surface area contributed by atoms with Crippen LogP contribution in [0.25, 0.3) is 0 Å². The van der Waals surface area contributed by atoms with Gasteiger partial charge in [0.25, 0.3) is 5.91 Å². The lowest BCUT2D eigenvalue weighted by atomic mass is 10.1. The van der Waals surface area contributed by atoms with Crippen molar-refractivity contribution in [2.24, 2.45) is 0 Å². The zero-order valence-corrected chi connectivity index (χ0v) is 10.6. The number of carbonyl (C=O) groups is 1. The van der Waals surface area contributed by atoms with E-state index >= 15 is 0 Å². The fraction of sp³-hybridized carbons (Fsp3) is 0.462. The van der Waals surface area contributed by atoms with Crippen LogP contribution in [-0.4, -0.2) is 41.5 Å². The molecule has 3 N–H and O–H groups in total. The molecule has 1 rings (SSSR count). The first-order chi connectivity index (χ1) is 8.43. The van der Waals surface area contributed by atoms with Crippen LogP contribution < -0.4 is 10.1 Å². The molecule has 0 aliphatic carbocycles. The second-order valence-electron chi connectivity index (χ2n) is 4.53. The number of hydrogen-bond donors (Lipinski definition) is 3. The summed E-state index contributed by atoms with van der Waals surface area (Å²) in [6.07, 6.45) is 0. The summed E-state index contributed by atoms with van der Waals surface area (Å²) in [4.78, 5) is 11.4. The van der Waals surface area contributed by atoms with Crippen LogP contribution in [0.1, 0.15) is 12.5 Å². The molecule has 5 heteroatoms. The molecule has 18 heavy (non-hydrogen) atoms. The summed E-state index contributed by atoms with van der Waals surface area (Å²) < 4.78 is 5.27. The third-order valence-corrected chi connectivity index (χ3v) is 2.40. The summed E-state index contributed by atoms with van der Waals surface area (Å²) in [5.74, 6) is 0.272. The summed E-state index contributed by atoms with van der Waals surface area (Å²) in [7, 11) is 0. The predicted octanol–water partition coefficient (Wildman–Crippen LogP) is 0.233. The number of aryl methyl sites for hydroxylation is 1. The van der Waals surface area contributed by atoms with E-state index in [1.165, 1.54) is 6.92 Å². The van der Waals surface area contributed by atoms with Crippen molar-refractivity contribution in [3.05, 3.63) is 29.8 Å². The molecule has 1 aromatic carbocycles. The maximum atomic E-state index is 11.4. The van der Waals surface area contributed by atoms with Crippen LogP contribution in [0.2, 0.25) is 0 Å². The molecule has 0 bridgehead atoms. The average Bonchev–Trinajstić information content (AvgIpc) is 2.36. The van der Waals surface area contributed by atoms with Crippen LogP contribution in [0, 0.1) is 6.92 Å². The molecule has 0 aromatic heterocycles. The fourth-order valence-corrected chi connectivity index (χ4v) is 1.18. The number of rotatable bonds is 6. The van der Waals surface area contributed by atoms with Gasteiger partial charge >= 0.3 is 0 Å². The van der Waals surface area contributed by atoms with E-state index in [0.29, 0.717) is 5.75 Å². The van der Waals surface area contributed by atoms with Crippen molar-refractivity contribution in [1.29, 1.82) is 0 Å². The molecule has 0 saturated heterocycles. The van der Waals surface area contributed by atoms with Crippen molar-refractivity contribution in [1.82, 2.24) is 5.32 Å². The molecule has 0 saturated carbocycles. The van der Waals surface area contributed by atoms with Crippen LogP contribution in [0.3, 0.4) is 0 Å². The van der Waals surface area contributed by atoms with E-state index < -0.39 is 12.2 Å². The molecule has 0 aliphatic heterocycles. The van der Waals surface area contributed by atoms with E-state index in [-0.39, 0.29) is 19.1 Å². The summed E-state index contributed by atoms with van der Waals surface area (Å²) in [6.45, 7) is 2.86. The second-order valence-corrected chi connectivity index (χ2v) is 4.53. The standard InChI is InChI=1S/C13H19NO4/c1-10-3-5-11(6-4-10)18-7-12(16)14-8-13(2,17)9-15/h3-6,15,17H,7-9H2,1-2H3,(H,14,16). The predicted molar refractivity (Wildman–Crippen MR) is 67.4 cm³/mol. The van der Waals surface area contributed by atoms with Gasteiger partial charge < -0.3 is 20.3 Å². The van der Waals surface area contributed by atoms with E-state index in [2.05, 4.69) is 5.32 Å². The number of carbonyl (C=O) groups excluding carboxylic acids is 1. The van der Waals surface area contributed by atoms with Crippen molar-refractivity contribution in [3.63, 3.8) is 0 Å². The Hall–Kier alpha value is -1.59. The highest BCUT2D eigenvalue weighted by Crippen LogP contribution is 2.10. The van der Waals surface area contributed by atoms with Gasteiger partial charge in [0.05, 0.1) is 6.61 Å². The Balaban J connectivity index is 2.31. The van der Waals surface area contributed by atoms with Gasteiger partial charge in [-0.2, -0.15) is 0 Å². The molecule has 1 atom stereocenters. The minimum atomic E-state index is -1.31. The number of nitrogens with one attached hydrogen (secondary N) is 1. The number of amides is 1. The highest BCUT2D eigenvalue weighted by molar-refractivity contribution is 5.77. The minimum Gasteiger partial charge on any atom is -0.484 e. The SMILES string of the molecule is Cc1ccc(OCC(=O)NCC(C)(O)CO)cc1. The normalized spacial score (nSPS) is 13.8. The molecule has 1 aromatic rings. The van der Waals surface area contributed by atoms with Crippen LogP contribution >= 0.6 is 0 Å². The first-order valence-electron chi connectivity index (χ1n) is 5.72. The molecule has 0 radical (unpaired) electrons. The number of hydrogen-bond acceptors (Lipinski definition) is 4. The second kappa shape index (κ2) is 6.37. The third-order valence-electron chi connectivity index (χ3n) is 2.40. The van der Waals surface area contributed by atoms with Gasteiger partial charge in [-0.15, -0.1) is 0 Å². The van der Waals surface area contributed by atoms with Gasteiger partial charge in [-0.3, -0.25) is 4.79 Å². The summed E-state index contributed by atoms with van der Waals surface area (Å²) in [6, 6.07) is 7.35. The molecule has 1 amide bonds. The zero-order valence-electron chi connectivity index (χ0n) is 10.6. The Morgan fingerprint density at radius 3 is 2.56 bits per heavy atom.